The third kappa shape index (κ3) is 16.0. The zero-order valence-electron chi connectivity index (χ0n) is 33.2. The highest BCUT2D eigenvalue weighted by atomic mass is 35.5. The zero-order valence-corrected chi connectivity index (χ0v) is 35.5. The predicted molar refractivity (Wildman–Crippen MR) is 225 cm³/mol. The number of benzene rings is 3. The van der Waals surface area contributed by atoms with Gasteiger partial charge in [-0.3, -0.25) is 14.3 Å². The van der Waals surface area contributed by atoms with Crippen LogP contribution < -0.4 is 14.8 Å². The van der Waals surface area contributed by atoms with Gasteiger partial charge >= 0.3 is 11.9 Å². The van der Waals surface area contributed by atoms with Crippen molar-refractivity contribution in [1.29, 1.82) is 0 Å². The first-order valence-electron chi connectivity index (χ1n) is 19.8. The molecular weight excluding hydrogens is 791 g/mol. The molecular formula is C43H56Cl2N2O9S. The van der Waals surface area contributed by atoms with Crippen LogP contribution in [-0.4, -0.2) is 58.3 Å². The second kappa shape index (κ2) is 25.3. The number of anilines is 2. The first-order chi connectivity index (χ1) is 27.4. The van der Waals surface area contributed by atoms with E-state index >= 15 is 0 Å². The van der Waals surface area contributed by atoms with Crippen LogP contribution in [0.4, 0.5) is 11.4 Å². The van der Waals surface area contributed by atoms with E-state index in [0.717, 1.165) is 39.5 Å². The van der Waals surface area contributed by atoms with E-state index in [1.165, 1.54) is 120 Å². The maximum Gasteiger partial charge on any atom is 0.337 e. The number of amides is 1. The molecule has 0 saturated carbocycles. The van der Waals surface area contributed by atoms with Crippen LogP contribution in [-0.2, 0) is 24.3 Å². The molecule has 0 aromatic heterocycles. The molecule has 3 aromatic carbocycles. The van der Waals surface area contributed by atoms with Gasteiger partial charge in [-0.2, -0.15) is 0 Å². The molecule has 0 spiro atoms. The molecule has 0 aliphatic heterocycles. The molecule has 0 aliphatic rings. The van der Waals surface area contributed by atoms with Crippen LogP contribution in [0, 0.1) is 0 Å². The van der Waals surface area contributed by atoms with Crippen LogP contribution in [0.1, 0.15) is 141 Å². The van der Waals surface area contributed by atoms with Crippen molar-refractivity contribution in [3.8, 4) is 5.75 Å². The summed E-state index contributed by atoms with van der Waals surface area (Å²) in [5, 5.41) is 0.721. The van der Waals surface area contributed by atoms with Crippen molar-refractivity contribution in [3.05, 3.63) is 82.4 Å². The third-order valence-corrected chi connectivity index (χ3v) is 11.5. The lowest BCUT2D eigenvalue weighted by atomic mass is 10.0. The lowest BCUT2D eigenvalue weighted by Crippen LogP contribution is -2.31. The highest BCUT2D eigenvalue weighted by Crippen LogP contribution is 2.29. The highest BCUT2D eigenvalue weighted by Gasteiger charge is 2.29. The minimum Gasteiger partial charge on any atom is -0.493 e. The molecule has 11 nitrogen and oxygen atoms in total. The predicted octanol–water partition coefficient (Wildman–Crippen LogP) is 10.8. The van der Waals surface area contributed by atoms with Crippen molar-refractivity contribution >= 4 is 68.2 Å². The molecule has 0 bridgehead atoms. The largest absolute Gasteiger partial charge is 0.493 e. The fraction of sp³-hybridized carbons (Fsp3) is 0.488. The van der Waals surface area contributed by atoms with E-state index in [4.69, 9.17) is 37.4 Å². The fourth-order valence-electron chi connectivity index (χ4n) is 6.22. The number of carbonyl (C=O) groups excluding carboxylic acids is 4. The molecule has 312 valence electrons. The second-order valence-corrected chi connectivity index (χ2v) is 16.4. The number of para-hydroxylation sites is 1. The Balaban J connectivity index is 1.50. The average molecular weight is 848 g/mol. The van der Waals surface area contributed by atoms with Crippen LogP contribution in [0.2, 0.25) is 5.02 Å². The number of ketones is 1. The number of halogens is 2. The molecule has 2 N–H and O–H groups in total. The van der Waals surface area contributed by atoms with Gasteiger partial charge in [-0.15, -0.1) is 11.6 Å². The summed E-state index contributed by atoms with van der Waals surface area (Å²) in [6.07, 6.45) is 20.2. The van der Waals surface area contributed by atoms with Crippen LogP contribution in [0.15, 0.2) is 65.6 Å². The summed E-state index contributed by atoms with van der Waals surface area (Å²) in [6.45, 7) is 2.66. The van der Waals surface area contributed by atoms with E-state index in [2.05, 4.69) is 17.0 Å². The number of unbranched alkanes of at least 4 members (excludes halogenated alkanes) is 15. The molecule has 3 aromatic rings. The Morgan fingerprint density at radius 2 is 1.19 bits per heavy atom. The van der Waals surface area contributed by atoms with Gasteiger partial charge in [0.15, 0.2) is 11.2 Å². The molecule has 57 heavy (non-hydrogen) atoms. The number of hydrogen-bond acceptors (Lipinski definition) is 9. The third-order valence-electron chi connectivity index (χ3n) is 9.40. The van der Waals surface area contributed by atoms with Crippen molar-refractivity contribution in [1.82, 2.24) is 0 Å². The first-order valence-corrected chi connectivity index (χ1v) is 22.1. The number of methoxy groups -OCH3 is 2. The Morgan fingerprint density at radius 1 is 0.684 bits per heavy atom. The molecule has 0 aliphatic carbocycles. The lowest BCUT2D eigenvalue weighted by Gasteiger charge is -2.15. The molecule has 3 rings (SSSR count). The zero-order chi connectivity index (χ0) is 41.6. The number of nitrogens with one attached hydrogen (secondary N) is 2. The van der Waals surface area contributed by atoms with E-state index in [-0.39, 0.29) is 38.0 Å². The van der Waals surface area contributed by atoms with E-state index in [0.29, 0.717) is 12.4 Å². The lowest BCUT2D eigenvalue weighted by molar-refractivity contribution is -0.115. The molecule has 1 atom stereocenters. The molecule has 1 unspecified atom stereocenters. The van der Waals surface area contributed by atoms with Crippen molar-refractivity contribution in [2.45, 2.75) is 120 Å². The normalized spacial score (nSPS) is 11.7. The molecule has 0 saturated heterocycles. The van der Waals surface area contributed by atoms with Gasteiger partial charge in [-0.05, 0) is 55.0 Å². The van der Waals surface area contributed by atoms with Gasteiger partial charge in [0.1, 0.15) is 5.75 Å². The molecule has 1 amide bonds. The van der Waals surface area contributed by atoms with Gasteiger partial charge in [-0.25, -0.2) is 18.0 Å². The van der Waals surface area contributed by atoms with Crippen LogP contribution >= 0.6 is 23.2 Å². The summed E-state index contributed by atoms with van der Waals surface area (Å²) in [7, 11) is -2.11. The van der Waals surface area contributed by atoms with Crippen LogP contribution in [0.5, 0.6) is 5.75 Å². The Kier molecular flexibility index (Phi) is 21.0. The van der Waals surface area contributed by atoms with Gasteiger partial charge in [0.25, 0.3) is 15.9 Å². The summed E-state index contributed by atoms with van der Waals surface area (Å²) < 4.78 is 44.4. The van der Waals surface area contributed by atoms with E-state index < -0.39 is 39.0 Å². The van der Waals surface area contributed by atoms with Crippen molar-refractivity contribution in [2.24, 2.45) is 0 Å². The number of sulfonamides is 1. The summed E-state index contributed by atoms with van der Waals surface area (Å²) >= 11 is 12.7. The van der Waals surface area contributed by atoms with Crippen molar-refractivity contribution in [2.75, 3.05) is 30.9 Å². The first kappa shape index (κ1) is 47.2. The number of esters is 2. The van der Waals surface area contributed by atoms with Crippen LogP contribution in [0.3, 0.4) is 0 Å². The molecule has 0 heterocycles. The second-order valence-electron chi connectivity index (χ2n) is 13.9. The van der Waals surface area contributed by atoms with Gasteiger partial charge in [-0.1, -0.05) is 127 Å². The fourth-order valence-corrected chi connectivity index (χ4v) is 7.62. The Hall–Kier alpha value is -4.13. The van der Waals surface area contributed by atoms with Crippen molar-refractivity contribution < 1.29 is 41.8 Å². The summed E-state index contributed by atoms with van der Waals surface area (Å²) in [4.78, 5) is 50.6. The minimum absolute atomic E-state index is 0.0261. The van der Waals surface area contributed by atoms with Gasteiger partial charge in [0.2, 0.25) is 0 Å². The highest BCUT2D eigenvalue weighted by molar-refractivity contribution is 7.92. The van der Waals surface area contributed by atoms with Crippen molar-refractivity contribution in [3.63, 3.8) is 0 Å². The summed E-state index contributed by atoms with van der Waals surface area (Å²) in [5.74, 6) is -2.96. The smallest absolute Gasteiger partial charge is 0.337 e. The van der Waals surface area contributed by atoms with Gasteiger partial charge < -0.3 is 19.5 Å². The maximum absolute atomic E-state index is 13.4. The van der Waals surface area contributed by atoms with E-state index in [1.807, 2.05) is 0 Å². The summed E-state index contributed by atoms with van der Waals surface area (Å²) in [5.41, 5.74) is -0.342. The van der Waals surface area contributed by atoms with E-state index in [9.17, 15) is 27.6 Å². The quantitative estimate of drug-likeness (QED) is 0.0251. The average Bonchev–Trinajstić information content (AvgIpc) is 3.21. The maximum atomic E-state index is 13.4. The molecule has 14 heteroatoms. The number of ether oxygens (including phenoxy) is 3. The van der Waals surface area contributed by atoms with Gasteiger partial charge in [0.05, 0.1) is 58.8 Å². The molecule has 0 radical (unpaired) electrons. The minimum atomic E-state index is -4.38. The topological polar surface area (TPSA) is 154 Å². The summed E-state index contributed by atoms with van der Waals surface area (Å²) in [6, 6.07) is 13.6. The SMILES string of the molecule is CCCCCCCCCCCCCCCCCCOc1ccccc1C(=O)C(Cl)C(=O)Nc1cc(S(=O)(=O)Nc2cc(C(=O)OC)cc(C(=O)OC)c2)ccc1Cl. The Labute approximate surface area is 347 Å². The number of carbonyl (C=O) groups is 4. The number of alkyl halides is 1. The number of hydrogen-bond donors (Lipinski definition) is 2. The number of rotatable bonds is 27. The van der Waals surface area contributed by atoms with Gasteiger partial charge in [0, 0.05) is 0 Å². The Morgan fingerprint density at radius 3 is 1.72 bits per heavy atom. The van der Waals surface area contributed by atoms with E-state index in [1.54, 1.807) is 18.2 Å². The standard InChI is InChI=1S/C43H56Cl2N2O9S/c1-4-5-6-7-8-9-10-11-12-13-14-15-16-17-18-21-26-56-38-23-20-19-22-35(38)40(48)39(45)41(49)46-37-30-34(24-25-36(37)44)57(52,53)47-33-28-31(42(50)54-2)27-32(29-33)43(51)55-3/h19-20,22-25,27-30,39,47H,4-18,21,26H2,1-3H3,(H,46,49). The molecule has 0 fully saturated rings. The van der Waals surface area contributed by atoms with Crippen LogP contribution in [0.25, 0.3) is 0 Å². The monoisotopic (exact) mass is 846 g/mol. The number of Topliss-reactive ketones (excluding diaryl/α,β-unsaturated/α-hetero) is 1. The Bertz CT molecular complexity index is 1850.